The van der Waals surface area contributed by atoms with Gasteiger partial charge in [0.15, 0.2) is 0 Å². The molecule has 0 nitrogen and oxygen atoms in total. The molecular weight excluding hydrogens is 236 g/mol. The van der Waals surface area contributed by atoms with Gasteiger partial charge in [-0.2, -0.15) is 0 Å². The van der Waals surface area contributed by atoms with Crippen molar-refractivity contribution in [1.29, 1.82) is 0 Å². The van der Waals surface area contributed by atoms with Crippen molar-refractivity contribution < 1.29 is 0 Å². The van der Waals surface area contributed by atoms with E-state index in [4.69, 9.17) is 11.6 Å². The fourth-order valence-electron chi connectivity index (χ4n) is 1.46. The van der Waals surface area contributed by atoms with Gasteiger partial charge in [-0.25, -0.2) is 0 Å². The molecule has 0 aliphatic heterocycles. The number of hydrogen-bond donors (Lipinski definition) is 0. The molecule has 0 aliphatic carbocycles. The van der Waals surface area contributed by atoms with Crippen LogP contribution in [0.15, 0.2) is 59.5 Å². The van der Waals surface area contributed by atoms with Crippen molar-refractivity contribution in [3.05, 3.63) is 65.7 Å². The Kier molecular flexibility index (Phi) is 4.32. The highest BCUT2D eigenvalue weighted by atomic mass is 35.5. The molecule has 0 saturated heterocycles. The zero-order valence-corrected chi connectivity index (χ0v) is 10.5. The zero-order chi connectivity index (χ0) is 11.2. The third-order valence-corrected chi connectivity index (χ3v) is 3.67. The first-order valence-electron chi connectivity index (χ1n) is 5.20. The average Bonchev–Trinajstić information content (AvgIpc) is 2.38. The Hall–Kier alpha value is -0.920. The minimum Gasteiger partial charge on any atom is -0.122 e. The highest BCUT2D eigenvalue weighted by molar-refractivity contribution is 7.98. The molecule has 0 bridgehead atoms. The predicted molar refractivity (Wildman–Crippen MR) is 72.0 cm³/mol. The number of alkyl halides is 1. The van der Waals surface area contributed by atoms with Gasteiger partial charge in [-0.3, -0.25) is 0 Å². The summed E-state index contributed by atoms with van der Waals surface area (Å²) in [6.45, 7) is 0. The second kappa shape index (κ2) is 5.97. The van der Waals surface area contributed by atoms with Crippen molar-refractivity contribution in [1.82, 2.24) is 0 Å². The number of rotatable bonds is 4. The van der Waals surface area contributed by atoms with Gasteiger partial charge in [0.05, 0.1) is 0 Å². The SMILES string of the molecule is ClCc1cccc(SCc2ccccc2)c1. The summed E-state index contributed by atoms with van der Waals surface area (Å²) in [4.78, 5) is 1.28. The van der Waals surface area contributed by atoms with Crippen LogP contribution < -0.4 is 0 Å². The topological polar surface area (TPSA) is 0 Å². The molecule has 0 unspecified atom stereocenters. The van der Waals surface area contributed by atoms with Crippen molar-refractivity contribution >= 4 is 23.4 Å². The Bertz CT molecular complexity index is 439. The molecule has 0 amide bonds. The summed E-state index contributed by atoms with van der Waals surface area (Å²) in [6, 6.07) is 18.9. The van der Waals surface area contributed by atoms with E-state index in [0.29, 0.717) is 5.88 Å². The Labute approximate surface area is 106 Å². The van der Waals surface area contributed by atoms with Gasteiger partial charge in [-0.1, -0.05) is 42.5 Å². The van der Waals surface area contributed by atoms with Crippen molar-refractivity contribution in [3.63, 3.8) is 0 Å². The third-order valence-electron chi connectivity index (χ3n) is 2.30. The standard InChI is InChI=1S/C14H13ClS/c15-10-13-7-4-8-14(9-13)16-11-12-5-2-1-3-6-12/h1-9H,10-11H2. The fraction of sp³-hybridized carbons (Fsp3) is 0.143. The zero-order valence-electron chi connectivity index (χ0n) is 8.90. The number of thioether (sulfide) groups is 1. The number of hydrogen-bond acceptors (Lipinski definition) is 1. The minimum atomic E-state index is 0.583. The molecule has 0 aliphatic rings. The summed E-state index contributed by atoms with van der Waals surface area (Å²) in [6.07, 6.45) is 0. The molecule has 2 aromatic rings. The van der Waals surface area contributed by atoms with Gasteiger partial charge in [-0.15, -0.1) is 23.4 Å². The van der Waals surface area contributed by atoms with E-state index in [1.54, 1.807) is 0 Å². The van der Waals surface area contributed by atoms with Gasteiger partial charge in [-0.05, 0) is 23.3 Å². The second-order valence-electron chi connectivity index (χ2n) is 3.56. The van der Waals surface area contributed by atoms with Crippen LogP contribution in [-0.4, -0.2) is 0 Å². The van der Waals surface area contributed by atoms with E-state index in [-0.39, 0.29) is 0 Å². The molecule has 0 spiro atoms. The van der Waals surface area contributed by atoms with Crippen molar-refractivity contribution in [3.8, 4) is 0 Å². The Morgan fingerprint density at radius 3 is 2.38 bits per heavy atom. The van der Waals surface area contributed by atoms with Crippen LogP contribution in [0.4, 0.5) is 0 Å². The van der Waals surface area contributed by atoms with E-state index in [2.05, 4.69) is 48.5 Å². The molecule has 0 saturated carbocycles. The molecule has 0 heterocycles. The molecule has 16 heavy (non-hydrogen) atoms. The van der Waals surface area contributed by atoms with Crippen LogP contribution in [0.1, 0.15) is 11.1 Å². The molecule has 0 atom stereocenters. The lowest BCUT2D eigenvalue weighted by Gasteiger charge is -2.03. The van der Waals surface area contributed by atoms with Crippen LogP contribution in [0.3, 0.4) is 0 Å². The van der Waals surface area contributed by atoms with Crippen LogP contribution in [0.5, 0.6) is 0 Å². The number of halogens is 1. The Morgan fingerprint density at radius 2 is 1.62 bits per heavy atom. The Morgan fingerprint density at radius 1 is 0.875 bits per heavy atom. The maximum Gasteiger partial charge on any atom is 0.0474 e. The third kappa shape index (κ3) is 3.29. The first kappa shape index (κ1) is 11.6. The maximum atomic E-state index is 5.81. The molecule has 82 valence electrons. The van der Waals surface area contributed by atoms with Crippen molar-refractivity contribution in [2.75, 3.05) is 0 Å². The summed E-state index contributed by atoms with van der Waals surface area (Å²) in [5.74, 6) is 1.59. The molecule has 0 aromatic heterocycles. The lowest BCUT2D eigenvalue weighted by atomic mass is 10.2. The molecule has 2 aromatic carbocycles. The van der Waals surface area contributed by atoms with Crippen LogP contribution in [0.25, 0.3) is 0 Å². The summed E-state index contributed by atoms with van der Waals surface area (Å²) in [5.41, 5.74) is 2.53. The average molecular weight is 249 g/mol. The molecule has 0 fully saturated rings. The normalized spacial score (nSPS) is 10.3. The fourth-order valence-corrected chi connectivity index (χ4v) is 2.56. The summed E-state index contributed by atoms with van der Waals surface area (Å²) >= 11 is 7.65. The van der Waals surface area contributed by atoms with Crippen LogP contribution in [0, 0.1) is 0 Å². The Balaban J connectivity index is 1.99. The smallest absolute Gasteiger partial charge is 0.0474 e. The van der Waals surface area contributed by atoms with Gasteiger partial charge < -0.3 is 0 Å². The van der Waals surface area contributed by atoms with E-state index in [0.717, 1.165) is 5.75 Å². The van der Waals surface area contributed by atoms with Crippen LogP contribution >= 0.6 is 23.4 Å². The highest BCUT2D eigenvalue weighted by Gasteiger charge is 1.97. The van der Waals surface area contributed by atoms with E-state index >= 15 is 0 Å². The second-order valence-corrected chi connectivity index (χ2v) is 4.87. The van der Waals surface area contributed by atoms with Crippen LogP contribution in [0.2, 0.25) is 0 Å². The first-order valence-corrected chi connectivity index (χ1v) is 6.72. The van der Waals surface area contributed by atoms with E-state index < -0.39 is 0 Å². The van der Waals surface area contributed by atoms with Crippen LogP contribution in [-0.2, 0) is 11.6 Å². The summed E-state index contributed by atoms with van der Waals surface area (Å²) in [7, 11) is 0. The minimum absolute atomic E-state index is 0.583. The largest absolute Gasteiger partial charge is 0.122 e. The van der Waals surface area contributed by atoms with Gasteiger partial charge in [0.25, 0.3) is 0 Å². The van der Waals surface area contributed by atoms with E-state index in [9.17, 15) is 0 Å². The van der Waals surface area contributed by atoms with Crippen molar-refractivity contribution in [2.45, 2.75) is 16.5 Å². The molecule has 0 N–H and O–H groups in total. The molecule has 2 rings (SSSR count). The number of benzene rings is 2. The summed E-state index contributed by atoms with van der Waals surface area (Å²) in [5, 5.41) is 0. The van der Waals surface area contributed by atoms with Gasteiger partial charge in [0, 0.05) is 16.5 Å². The van der Waals surface area contributed by atoms with E-state index in [1.807, 2.05) is 17.8 Å². The summed E-state index contributed by atoms with van der Waals surface area (Å²) < 4.78 is 0. The molecule has 2 heteroatoms. The first-order chi connectivity index (χ1) is 7.88. The molecular formula is C14H13ClS. The predicted octanol–water partition coefficient (Wildman–Crippen LogP) is 4.72. The van der Waals surface area contributed by atoms with Gasteiger partial charge in [0.1, 0.15) is 0 Å². The van der Waals surface area contributed by atoms with Gasteiger partial charge >= 0.3 is 0 Å². The monoisotopic (exact) mass is 248 g/mol. The maximum absolute atomic E-state index is 5.81. The highest BCUT2D eigenvalue weighted by Crippen LogP contribution is 2.23. The van der Waals surface area contributed by atoms with Crippen molar-refractivity contribution in [2.24, 2.45) is 0 Å². The lowest BCUT2D eigenvalue weighted by Crippen LogP contribution is -1.81. The van der Waals surface area contributed by atoms with Gasteiger partial charge in [0.2, 0.25) is 0 Å². The quantitative estimate of drug-likeness (QED) is 0.557. The lowest BCUT2D eigenvalue weighted by molar-refractivity contribution is 1.31. The molecule has 0 radical (unpaired) electrons. The van der Waals surface area contributed by atoms with E-state index in [1.165, 1.54) is 16.0 Å².